The van der Waals surface area contributed by atoms with Crippen LogP contribution in [-0.2, 0) is 40.4 Å². The summed E-state index contributed by atoms with van der Waals surface area (Å²) in [5, 5.41) is 8.15. The van der Waals surface area contributed by atoms with Gasteiger partial charge in [-0.15, -0.1) is 10.2 Å². The van der Waals surface area contributed by atoms with Crippen molar-refractivity contribution < 1.29 is 35.8 Å². The third-order valence-electron chi connectivity index (χ3n) is 20.7. The van der Waals surface area contributed by atoms with Gasteiger partial charge in [0, 0.05) is 43.2 Å². The smallest absolute Gasteiger partial charge is 0.245 e. The zero-order valence-electron chi connectivity index (χ0n) is 42.5. The Morgan fingerprint density at radius 2 is 1.20 bits per heavy atom. The van der Waals surface area contributed by atoms with Crippen LogP contribution in [-0.4, -0.2) is 121 Å². The molecule has 12 aliphatic rings. The molecule has 12 fully saturated rings. The number of nitrogens with one attached hydrogen (secondary N) is 2. The second kappa shape index (κ2) is 16.3. The molecule has 76 heavy (non-hydrogen) atoms. The summed E-state index contributed by atoms with van der Waals surface area (Å²) in [5.74, 6) is 11.2. The van der Waals surface area contributed by atoms with Gasteiger partial charge in [-0.2, -0.15) is 9.97 Å². The van der Waals surface area contributed by atoms with E-state index in [9.17, 15) is 21.6 Å². The Labute approximate surface area is 447 Å². The number of amidine groups is 1. The molecule has 0 aliphatic heterocycles. The van der Waals surface area contributed by atoms with E-state index in [-0.39, 0.29) is 45.7 Å². The average molecular weight is 1110 g/mol. The first-order chi connectivity index (χ1) is 36.4. The molecule has 26 heteroatoms. The molecule has 1 amide bonds. The van der Waals surface area contributed by atoms with Crippen LogP contribution in [0.15, 0.2) is 42.4 Å². The maximum absolute atomic E-state index is 13.7. The monoisotopic (exact) mass is 1110 g/mol. The van der Waals surface area contributed by atoms with E-state index >= 15 is 0 Å². The van der Waals surface area contributed by atoms with Gasteiger partial charge in [0.1, 0.15) is 59.1 Å². The number of hydrogen-bond acceptors (Lipinski definition) is 19. The maximum atomic E-state index is 13.7. The predicted molar refractivity (Wildman–Crippen MR) is 270 cm³/mol. The number of amides is 1. The van der Waals surface area contributed by atoms with E-state index in [0.717, 1.165) is 53.2 Å². The van der Waals surface area contributed by atoms with Crippen LogP contribution in [0.4, 0.5) is 5.69 Å². The number of hydrazine groups is 1. The molecule has 22 nitrogen and oxygen atoms in total. The van der Waals surface area contributed by atoms with Crippen LogP contribution in [0.25, 0.3) is 5.69 Å². The van der Waals surface area contributed by atoms with E-state index in [0.29, 0.717) is 80.2 Å². The van der Waals surface area contributed by atoms with E-state index in [1.807, 2.05) is 18.4 Å². The third kappa shape index (κ3) is 5.76. The molecule has 0 unspecified atom stereocenters. The molecule has 0 radical (unpaired) electrons. The first-order valence-electron chi connectivity index (χ1n) is 25.6. The van der Waals surface area contributed by atoms with Gasteiger partial charge in [-0.3, -0.25) is 20.2 Å². The molecule has 5 aromatic rings. The summed E-state index contributed by atoms with van der Waals surface area (Å²) in [7, 11) is -3.19. The van der Waals surface area contributed by atoms with E-state index in [1.165, 1.54) is 58.6 Å². The molecule has 4 atom stereocenters. The summed E-state index contributed by atoms with van der Waals surface area (Å²) in [4.78, 5) is 51.6. The van der Waals surface area contributed by atoms with E-state index < -0.39 is 47.9 Å². The Morgan fingerprint density at radius 1 is 0.671 bits per heavy atom. The molecule has 0 saturated heterocycles. The van der Waals surface area contributed by atoms with Gasteiger partial charge in [0.15, 0.2) is 31.3 Å². The lowest BCUT2D eigenvalue weighted by Gasteiger charge is -3.07. The van der Waals surface area contributed by atoms with Gasteiger partial charge in [-0.1, -0.05) is 30.1 Å². The second-order valence-electron chi connectivity index (χ2n) is 22.7. The lowest BCUT2D eigenvalue weighted by Crippen LogP contribution is -3.07. The molecule has 0 aromatic carbocycles. The summed E-state index contributed by atoms with van der Waals surface area (Å²) < 4.78 is 73.1. The highest BCUT2D eigenvalue weighted by atomic mass is 35.5. The number of hydrogen-bond donors (Lipinski definition) is 2. The highest BCUT2D eigenvalue weighted by Crippen LogP contribution is 3.06. The molecule has 12 saturated carbocycles. The minimum absolute atomic E-state index is 0.00944. The molecule has 2 N–H and O–H groups in total. The first kappa shape index (κ1) is 48.8. The van der Waals surface area contributed by atoms with Crippen LogP contribution >= 0.6 is 23.2 Å². The molecule has 5 aromatic heterocycles. The van der Waals surface area contributed by atoms with E-state index in [2.05, 4.69) is 60.8 Å². The van der Waals surface area contributed by atoms with Crippen molar-refractivity contribution in [3.8, 4) is 17.4 Å². The van der Waals surface area contributed by atoms with Gasteiger partial charge in [0.25, 0.3) is 0 Å². The predicted octanol–water partition coefficient (Wildman–Crippen LogP) is 3.99. The van der Waals surface area contributed by atoms with E-state index in [4.69, 9.17) is 42.5 Å². The van der Waals surface area contributed by atoms with Crippen molar-refractivity contribution in [3.63, 3.8) is 0 Å². The molecular weight excluding hydrogens is 1060 g/mol. The number of aryl methyl sites for hydroxylation is 2. The highest BCUT2D eigenvalue weighted by Gasteiger charge is 3.06. The fourth-order valence-corrected chi connectivity index (χ4v) is 20.7. The van der Waals surface area contributed by atoms with Crippen molar-refractivity contribution >= 4 is 60.3 Å². The van der Waals surface area contributed by atoms with Gasteiger partial charge >= 0.3 is 0 Å². The molecule has 17 rings (SSSR count). The summed E-state index contributed by atoms with van der Waals surface area (Å²) in [6.07, 6.45) is 7.57. The number of halogens is 2. The number of rotatable bonds is 17. The van der Waals surface area contributed by atoms with Gasteiger partial charge in [-0.25, -0.2) is 51.7 Å². The number of aliphatic imine (C=N–C) groups is 1. The average Bonchev–Trinajstić information content (AvgIpc) is 0.997. The summed E-state index contributed by atoms with van der Waals surface area (Å²) >= 11 is 11.8. The van der Waals surface area contributed by atoms with Gasteiger partial charge in [0.2, 0.25) is 17.7 Å². The van der Waals surface area contributed by atoms with Crippen LogP contribution in [0.1, 0.15) is 67.5 Å². The Balaban J connectivity index is 0.000000139. The zero-order valence-corrected chi connectivity index (χ0v) is 45.6. The minimum atomic E-state index is -3.92. The van der Waals surface area contributed by atoms with Crippen LogP contribution < -0.4 is 20.3 Å². The highest BCUT2D eigenvalue weighted by molar-refractivity contribution is 7.92. The second-order valence-corrected chi connectivity index (χ2v) is 28.3. The van der Waals surface area contributed by atoms with Crippen molar-refractivity contribution in [1.82, 2.24) is 65.5 Å². The van der Waals surface area contributed by atoms with Crippen LogP contribution in [0, 0.1) is 102 Å². The quantitative estimate of drug-likeness (QED) is 0.0756. The fourth-order valence-electron chi connectivity index (χ4n) is 17.6. The number of carbonyl (C=O) groups is 1. The fraction of sp³-hybridized carbons (Fsp3) is 0.600. The Bertz CT molecular complexity index is 3470. The Kier molecular flexibility index (Phi) is 10.4. The Morgan fingerprint density at radius 3 is 1.75 bits per heavy atom. The molecule has 0 bridgehead atoms. The summed E-state index contributed by atoms with van der Waals surface area (Å²) in [6, 6.07) is 0. The largest absolute Gasteiger partial charge is 0.479 e. The van der Waals surface area contributed by atoms with Crippen LogP contribution in [0.2, 0.25) is 10.0 Å². The summed E-state index contributed by atoms with van der Waals surface area (Å²) in [5.41, 5.74) is 7.49. The minimum Gasteiger partial charge on any atom is -0.479 e. The molecule has 0 spiro atoms. The lowest BCUT2D eigenvalue weighted by molar-refractivity contribution is -0.596. The zero-order chi connectivity index (χ0) is 53.0. The van der Waals surface area contributed by atoms with E-state index in [1.54, 1.807) is 21.0 Å². The van der Waals surface area contributed by atoms with Gasteiger partial charge < -0.3 is 14.2 Å². The topological polar surface area (TPSA) is 283 Å². The van der Waals surface area contributed by atoms with Crippen LogP contribution in [0.5, 0.6) is 11.8 Å². The Hall–Kier alpha value is -5.56. The van der Waals surface area contributed by atoms with Crippen molar-refractivity contribution in [2.75, 3.05) is 27.1 Å². The van der Waals surface area contributed by atoms with Gasteiger partial charge in [0.05, 0.1) is 51.6 Å². The van der Waals surface area contributed by atoms with Crippen LogP contribution in [0.3, 0.4) is 0 Å². The molecule has 12 aliphatic carbocycles. The first-order valence-corrected chi connectivity index (χ1v) is 29.8. The number of nitrogens with zero attached hydrogens (tertiary/aromatic N) is 12. The number of carbonyl (C=O) groups excluding carboxylic acids is 1. The van der Waals surface area contributed by atoms with Crippen molar-refractivity contribution in [2.24, 2.45) is 93.3 Å². The SMILES string of the molecule is COc1ncnc(C)c1-n1c(CS(=O)(=O)[C@@H](C)[C@H](C)c2ncc(Cl)cn2)nnc1C12C3C4C5C3C1C5C42.COc1ncnc(C)c1N=C(CS(=O)(=O)[C@@H](C)[C@H](OC)c1ncc(Cl)cn1)NNC(=O)C12C3C4C5C3C1C5C42. The number of ether oxygens (including phenoxy) is 3. The normalized spacial score (nSPS) is 36.2. The maximum Gasteiger partial charge on any atom is 0.245 e. The summed E-state index contributed by atoms with van der Waals surface area (Å²) in [6.45, 7) is 8.61. The van der Waals surface area contributed by atoms with Crippen molar-refractivity contribution in [1.29, 1.82) is 0 Å². The standard InChI is InChI=1S/C25H28ClN7O5S.C25H26ClN7O3S/c1-9-20(23(38-4)30-8-29-9)31-12(7-39(35,36)10(2)21(37-3)22-27-5-11(26)6-28-22)32-33-24(34)25-17-14-13-15(17)19(25)16(13)18(14)25;1-9(22-27-5-12(26)6-28-22)11(3)37(34,35)7-13-31-32-24(33(13)21-10(2)29-8-30-23(21)36-4)25-18-15-14-16(18)20(25)17(14)19(15)25/h5-6,8,10,13-19,21H,7H2,1-4H3,(H,31,32)(H,33,34);5-6,8-9,11,14-20H,7H2,1-4H3/t10-,13?,14?,15?,16?,17?,18?,19?,21-,25?;9-,11-,14?,15?,16?,17?,18?,19?,20?,25?/m00/s1. The lowest BCUT2D eigenvalue weighted by atomic mass is 8.96. The molecule has 5 heterocycles. The molecular formula is C50H54Cl2N14O8S2. The third-order valence-corrected chi connectivity index (χ3v) is 25.4. The van der Waals surface area contributed by atoms with Crippen molar-refractivity contribution in [3.05, 3.63) is 82.2 Å². The van der Waals surface area contributed by atoms with Crippen molar-refractivity contribution in [2.45, 2.75) is 68.3 Å². The van der Waals surface area contributed by atoms with Gasteiger partial charge in [-0.05, 0) is 111 Å². The number of aromatic nitrogens is 11. The number of methoxy groups -OCH3 is 3. The molecule has 398 valence electrons. The number of sulfone groups is 2.